The molecule has 0 spiro atoms. The van der Waals surface area contributed by atoms with Crippen LogP contribution in [0.3, 0.4) is 0 Å². The smallest absolute Gasteiger partial charge is 0.278 e. The first-order chi connectivity index (χ1) is 9.47. The molecule has 108 valence electrons. The molecular weight excluding hydrogens is 270 g/mol. The molecule has 2 aromatic rings. The van der Waals surface area contributed by atoms with E-state index < -0.39 is 30.0 Å². The maximum absolute atomic E-state index is 11.7. The molecule has 0 unspecified atom stereocenters. The van der Waals surface area contributed by atoms with Crippen LogP contribution in [0.4, 0.5) is 5.95 Å². The van der Waals surface area contributed by atoms with Crippen LogP contribution in [-0.2, 0) is 4.74 Å². The van der Waals surface area contributed by atoms with Crippen LogP contribution in [0.15, 0.2) is 4.79 Å². The third kappa shape index (κ3) is 1.94. The second-order valence-electron chi connectivity index (χ2n) is 4.57. The van der Waals surface area contributed by atoms with Crippen LogP contribution in [0.5, 0.6) is 0 Å². The summed E-state index contributed by atoms with van der Waals surface area (Å²) >= 11 is 0. The first kappa shape index (κ1) is 13.0. The number of nitrogens with two attached hydrogens (primary N) is 1. The van der Waals surface area contributed by atoms with Gasteiger partial charge in [0, 0.05) is 0 Å². The monoisotopic (exact) mass is 283 g/mol. The Morgan fingerprint density at radius 3 is 2.70 bits per heavy atom. The van der Waals surface area contributed by atoms with Crippen LogP contribution in [0.2, 0.25) is 0 Å². The minimum Gasteiger partial charge on any atom is -0.388 e. The number of rotatable bonds is 1. The highest BCUT2D eigenvalue weighted by molar-refractivity contribution is 5.70. The highest BCUT2D eigenvalue weighted by Gasteiger charge is 2.40. The molecule has 0 aliphatic carbocycles. The number of aliphatic hydroxyl groups is 3. The van der Waals surface area contributed by atoms with E-state index in [9.17, 15) is 20.1 Å². The zero-order chi connectivity index (χ0) is 14.4. The summed E-state index contributed by atoms with van der Waals surface area (Å²) in [6.45, 7) is -0.161. The molecule has 1 aliphatic heterocycles. The summed E-state index contributed by atoms with van der Waals surface area (Å²) in [5.74, 6) is 0.0446. The summed E-state index contributed by atoms with van der Waals surface area (Å²) in [5.41, 5.74) is 5.07. The van der Waals surface area contributed by atoms with E-state index in [1.54, 1.807) is 0 Å². The van der Waals surface area contributed by atoms with Gasteiger partial charge in [0.2, 0.25) is 5.95 Å². The van der Waals surface area contributed by atoms with Crippen molar-refractivity contribution in [1.82, 2.24) is 19.9 Å². The van der Waals surface area contributed by atoms with E-state index in [2.05, 4.69) is 19.9 Å². The molecule has 0 saturated carbocycles. The van der Waals surface area contributed by atoms with E-state index in [-0.39, 0.29) is 29.5 Å². The summed E-state index contributed by atoms with van der Waals surface area (Å²) in [6, 6.07) is 0. The number of imidazole rings is 1. The molecule has 3 rings (SSSR count). The number of hydrogen-bond donors (Lipinski definition) is 6. The van der Waals surface area contributed by atoms with Crippen molar-refractivity contribution in [3.8, 4) is 0 Å². The largest absolute Gasteiger partial charge is 0.388 e. The van der Waals surface area contributed by atoms with Crippen molar-refractivity contribution in [1.29, 1.82) is 0 Å². The van der Waals surface area contributed by atoms with Gasteiger partial charge in [-0.25, -0.2) is 4.98 Å². The lowest BCUT2D eigenvalue weighted by molar-refractivity contribution is -0.191. The van der Waals surface area contributed by atoms with Gasteiger partial charge >= 0.3 is 0 Å². The number of aliphatic hydroxyl groups excluding tert-OH is 3. The summed E-state index contributed by atoms with van der Waals surface area (Å²) in [4.78, 5) is 24.5. The molecule has 2 aromatic heterocycles. The van der Waals surface area contributed by atoms with Gasteiger partial charge < -0.3 is 30.8 Å². The van der Waals surface area contributed by atoms with E-state index in [0.717, 1.165) is 0 Å². The van der Waals surface area contributed by atoms with Crippen molar-refractivity contribution in [3.63, 3.8) is 0 Å². The van der Waals surface area contributed by atoms with Crippen molar-refractivity contribution in [2.24, 2.45) is 0 Å². The number of fused-ring (bicyclic) bond motifs is 1. The Hall–Kier alpha value is -2.01. The Bertz CT molecular complexity index is 697. The lowest BCUT2D eigenvalue weighted by Gasteiger charge is -2.34. The average molecular weight is 283 g/mol. The molecule has 10 heteroatoms. The van der Waals surface area contributed by atoms with Crippen LogP contribution in [-0.4, -0.2) is 60.2 Å². The van der Waals surface area contributed by atoms with Gasteiger partial charge in [-0.2, -0.15) is 4.98 Å². The Kier molecular flexibility index (Phi) is 2.94. The fourth-order valence-corrected chi connectivity index (χ4v) is 2.12. The number of nitrogens with one attached hydrogen (secondary N) is 2. The molecule has 1 aliphatic rings. The minimum absolute atomic E-state index is 0.0812. The molecule has 0 bridgehead atoms. The van der Waals surface area contributed by atoms with Crippen molar-refractivity contribution >= 4 is 17.1 Å². The first-order valence-electron chi connectivity index (χ1n) is 5.88. The van der Waals surface area contributed by atoms with E-state index in [1.807, 2.05) is 0 Å². The molecule has 3 heterocycles. The van der Waals surface area contributed by atoms with E-state index in [4.69, 9.17) is 10.5 Å². The van der Waals surface area contributed by atoms with Gasteiger partial charge in [0.15, 0.2) is 11.2 Å². The fourth-order valence-electron chi connectivity index (χ4n) is 2.12. The maximum Gasteiger partial charge on any atom is 0.278 e. The number of aromatic amines is 2. The van der Waals surface area contributed by atoms with Crippen molar-refractivity contribution in [3.05, 3.63) is 16.2 Å². The molecule has 0 radical (unpaired) electrons. The van der Waals surface area contributed by atoms with Crippen molar-refractivity contribution in [2.45, 2.75) is 24.4 Å². The molecule has 0 amide bonds. The van der Waals surface area contributed by atoms with E-state index in [1.165, 1.54) is 0 Å². The van der Waals surface area contributed by atoms with Gasteiger partial charge in [-0.1, -0.05) is 0 Å². The fraction of sp³-hybridized carbons (Fsp3) is 0.500. The highest BCUT2D eigenvalue weighted by atomic mass is 16.5. The van der Waals surface area contributed by atoms with Gasteiger partial charge in [-0.3, -0.25) is 9.78 Å². The third-order valence-corrected chi connectivity index (χ3v) is 3.17. The Balaban J connectivity index is 2.02. The number of nitrogens with zero attached hydrogens (tertiary/aromatic N) is 2. The van der Waals surface area contributed by atoms with Crippen molar-refractivity contribution < 1.29 is 20.1 Å². The summed E-state index contributed by atoms with van der Waals surface area (Å²) in [5, 5.41) is 28.9. The number of aromatic nitrogens is 4. The van der Waals surface area contributed by atoms with Gasteiger partial charge in [-0.05, 0) is 0 Å². The molecule has 0 aromatic carbocycles. The van der Waals surface area contributed by atoms with Gasteiger partial charge in [-0.15, -0.1) is 0 Å². The third-order valence-electron chi connectivity index (χ3n) is 3.17. The standard InChI is InChI=1S/C10H13N5O5/c11-10-14-7-3(9(19)15-10)12-8(13-7)6-5(18)4(17)2(16)1-20-6/h2,4-6,16-18H,1H2,(H4,11,12,13,14,15,19)/t2-,4-,5-,6-/m1/s1. The van der Waals surface area contributed by atoms with Gasteiger partial charge in [0.25, 0.3) is 5.56 Å². The molecular formula is C10H13N5O5. The van der Waals surface area contributed by atoms with Crippen LogP contribution < -0.4 is 11.3 Å². The van der Waals surface area contributed by atoms with Crippen LogP contribution in [0.1, 0.15) is 11.9 Å². The predicted molar refractivity (Wildman–Crippen MR) is 65.6 cm³/mol. The summed E-state index contributed by atoms with van der Waals surface area (Å²) < 4.78 is 5.23. The summed E-state index contributed by atoms with van der Waals surface area (Å²) in [7, 11) is 0. The van der Waals surface area contributed by atoms with E-state index in [0.29, 0.717) is 0 Å². The Labute approximate surface area is 111 Å². The lowest BCUT2D eigenvalue weighted by Crippen LogP contribution is -2.49. The summed E-state index contributed by atoms with van der Waals surface area (Å²) in [6.07, 6.45) is -4.92. The number of ether oxygens (including phenoxy) is 1. The predicted octanol–water partition coefficient (Wildman–Crippen LogP) is -2.62. The number of hydrogen-bond acceptors (Lipinski definition) is 8. The van der Waals surface area contributed by atoms with E-state index >= 15 is 0 Å². The quantitative estimate of drug-likeness (QED) is 0.330. The van der Waals surface area contributed by atoms with Crippen LogP contribution >= 0.6 is 0 Å². The second-order valence-corrected chi connectivity index (χ2v) is 4.57. The topological polar surface area (TPSA) is 170 Å². The van der Waals surface area contributed by atoms with Gasteiger partial charge in [0.1, 0.15) is 30.2 Å². The highest BCUT2D eigenvalue weighted by Crippen LogP contribution is 2.27. The van der Waals surface area contributed by atoms with Gasteiger partial charge in [0.05, 0.1) is 6.61 Å². The second kappa shape index (κ2) is 4.52. The Morgan fingerprint density at radius 1 is 1.20 bits per heavy atom. The van der Waals surface area contributed by atoms with Crippen molar-refractivity contribution in [2.75, 3.05) is 12.3 Å². The molecule has 1 saturated heterocycles. The number of anilines is 1. The van der Waals surface area contributed by atoms with Crippen LogP contribution in [0.25, 0.3) is 11.2 Å². The average Bonchev–Trinajstić information content (AvgIpc) is 2.80. The minimum atomic E-state index is -1.38. The molecule has 10 nitrogen and oxygen atoms in total. The lowest BCUT2D eigenvalue weighted by atomic mass is 10.00. The number of H-pyrrole nitrogens is 2. The normalized spacial score (nSPS) is 30.8. The molecule has 1 fully saturated rings. The zero-order valence-corrected chi connectivity index (χ0v) is 10.1. The molecule has 7 N–H and O–H groups in total. The van der Waals surface area contributed by atoms with Crippen LogP contribution in [0, 0.1) is 0 Å². The molecule has 20 heavy (non-hydrogen) atoms. The first-order valence-corrected chi connectivity index (χ1v) is 5.88. The Morgan fingerprint density at radius 2 is 1.95 bits per heavy atom. The zero-order valence-electron chi connectivity index (χ0n) is 10.1. The maximum atomic E-state index is 11.7. The SMILES string of the molecule is Nc1nc2nc([C@@H]3OC[C@@H](O)[C@@H](O)[C@H]3O)[nH]c2c(=O)[nH]1. The molecule has 4 atom stereocenters. The number of nitrogen functional groups attached to an aromatic ring is 1.